The molecule has 0 unspecified atom stereocenters. The van der Waals surface area contributed by atoms with Crippen LogP contribution in [-0.2, 0) is 4.74 Å². The molecule has 0 saturated carbocycles. The minimum atomic E-state index is 0.484. The van der Waals surface area contributed by atoms with Crippen LogP contribution in [-0.4, -0.2) is 51.3 Å². The summed E-state index contributed by atoms with van der Waals surface area (Å²) in [5, 5.41) is 14.8. The van der Waals surface area contributed by atoms with Gasteiger partial charge in [-0.05, 0) is 41.6 Å². The van der Waals surface area contributed by atoms with Crippen LogP contribution in [0.4, 0.5) is 17.2 Å². The van der Waals surface area contributed by atoms with Gasteiger partial charge in [0.05, 0.1) is 13.2 Å². The number of hydrogen-bond donors (Lipinski definition) is 1. The molecule has 1 N–H and O–H groups in total. The predicted octanol–water partition coefficient (Wildman–Crippen LogP) is 1.41. The number of nitrogens with one attached hydrogen (secondary N) is 1. The Balaban J connectivity index is 1.57. The van der Waals surface area contributed by atoms with Crippen molar-refractivity contribution >= 4 is 23.0 Å². The first kappa shape index (κ1) is 13.9. The molecule has 3 heterocycles. The van der Waals surface area contributed by atoms with Crippen molar-refractivity contribution in [2.45, 2.75) is 6.92 Å². The van der Waals surface area contributed by atoms with Gasteiger partial charge in [0.1, 0.15) is 5.82 Å². The summed E-state index contributed by atoms with van der Waals surface area (Å²) in [7, 11) is 0. The van der Waals surface area contributed by atoms with Crippen molar-refractivity contribution in [1.82, 2.24) is 25.0 Å². The molecule has 2 aromatic heterocycles. The van der Waals surface area contributed by atoms with Crippen molar-refractivity contribution in [2.24, 2.45) is 0 Å². The Morgan fingerprint density at radius 2 is 1.91 bits per heavy atom. The van der Waals surface area contributed by atoms with Gasteiger partial charge < -0.3 is 15.0 Å². The average molecular weight is 311 g/mol. The highest BCUT2D eigenvalue weighted by Gasteiger charge is 2.11. The lowest BCUT2D eigenvalue weighted by atomic mass is 10.2. The number of nitrogens with zero attached hydrogens (tertiary/aromatic N) is 6. The van der Waals surface area contributed by atoms with Crippen LogP contribution in [0.25, 0.3) is 5.78 Å². The van der Waals surface area contributed by atoms with E-state index in [1.165, 1.54) is 5.69 Å². The van der Waals surface area contributed by atoms with E-state index in [2.05, 4.69) is 55.0 Å². The van der Waals surface area contributed by atoms with Crippen LogP contribution in [0.3, 0.4) is 0 Å². The van der Waals surface area contributed by atoms with Crippen LogP contribution in [0.2, 0.25) is 0 Å². The maximum absolute atomic E-state index is 5.39. The quantitative estimate of drug-likeness (QED) is 0.783. The Bertz CT molecular complexity index is 808. The second-order valence-corrected chi connectivity index (χ2v) is 5.44. The van der Waals surface area contributed by atoms with Gasteiger partial charge in [0.15, 0.2) is 0 Å². The number of aromatic nitrogens is 5. The maximum atomic E-state index is 5.39. The fourth-order valence-corrected chi connectivity index (χ4v) is 2.67. The van der Waals surface area contributed by atoms with Crippen molar-refractivity contribution in [3.05, 3.63) is 36.0 Å². The lowest BCUT2D eigenvalue weighted by molar-refractivity contribution is 0.122. The number of anilines is 3. The van der Waals surface area contributed by atoms with Gasteiger partial charge in [-0.3, -0.25) is 0 Å². The van der Waals surface area contributed by atoms with Gasteiger partial charge in [0.25, 0.3) is 5.78 Å². The van der Waals surface area contributed by atoms with Crippen LogP contribution in [0.1, 0.15) is 5.69 Å². The van der Waals surface area contributed by atoms with Gasteiger partial charge in [-0.2, -0.15) is 4.52 Å². The molecule has 1 saturated heterocycles. The summed E-state index contributed by atoms with van der Waals surface area (Å²) < 4.78 is 6.97. The summed E-state index contributed by atoms with van der Waals surface area (Å²) in [6.07, 6.45) is 0. The van der Waals surface area contributed by atoms with E-state index in [-0.39, 0.29) is 0 Å². The number of rotatable bonds is 3. The molecule has 1 aromatic carbocycles. The maximum Gasteiger partial charge on any atom is 0.275 e. The number of benzene rings is 1. The number of tetrazole rings is 1. The minimum absolute atomic E-state index is 0.484. The van der Waals surface area contributed by atoms with Crippen molar-refractivity contribution in [1.29, 1.82) is 0 Å². The normalized spacial score (nSPS) is 15.1. The highest BCUT2D eigenvalue weighted by atomic mass is 16.5. The number of ether oxygens (including phenoxy) is 1. The van der Waals surface area contributed by atoms with E-state index in [1.54, 1.807) is 4.52 Å². The fourth-order valence-electron chi connectivity index (χ4n) is 2.67. The Labute approximate surface area is 133 Å². The monoisotopic (exact) mass is 311 g/mol. The summed E-state index contributed by atoms with van der Waals surface area (Å²) in [6.45, 7) is 5.35. The molecular weight excluding hydrogens is 294 g/mol. The van der Waals surface area contributed by atoms with Gasteiger partial charge in [-0.1, -0.05) is 5.10 Å². The molecule has 0 spiro atoms. The second kappa shape index (κ2) is 5.81. The van der Waals surface area contributed by atoms with Gasteiger partial charge in [0.2, 0.25) is 0 Å². The van der Waals surface area contributed by atoms with Crippen molar-refractivity contribution < 1.29 is 4.74 Å². The minimum Gasteiger partial charge on any atom is -0.378 e. The summed E-state index contributed by atoms with van der Waals surface area (Å²) in [4.78, 5) is 6.60. The van der Waals surface area contributed by atoms with Gasteiger partial charge in [0, 0.05) is 36.2 Å². The topological polar surface area (TPSA) is 80.5 Å². The standard InChI is InChI=1S/C15H17N7O/c1-11-10-14(22-15(16-11)18-19-20-22)17-12-2-4-13(5-3-12)21-6-8-23-9-7-21/h2-5,10,17H,6-9H2,1H3. The van der Waals surface area contributed by atoms with E-state index >= 15 is 0 Å². The van der Waals surface area contributed by atoms with E-state index in [1.807, 2.05) is 13.0 Å². The molecule has 1 aliphatic heterocycles. The molecular formula is C15H17N7O. The molecule has 0 amide bonds. The summed E-state index contributed by atoms with van der Waals surface area (Å²) in [6, 6.07) is 10.2. The molecule has 118 valence electrons. The molecule has 8 nitrogen and oxygen atoms in total. The summed E-state index contributed by atoms with van der Waals surface area (Å²) >= 11 is 0. The summed E-state index contributed by atoms with van der Waals surface area (Å²) in [5.74, 6) is 1.27. The van der Waals surface area contributed by atoms with Gasteiger partial charge >= 0.3 is 0 Å². The zero-order valence-corrected chi connectivity index (χ0v) is 12.8. The third-order valence-electron chi connectivity index (χ3n) is 3.82. The van der Waals surface area contributed by atoms with Crippen LogP contribution in [0.5, 0.6) is 0 Å². The van der Waals surface area contributed by atoms with E-state index in [4.69, 9.17) is 4.74 Å². The highest BCUT2D eigenvalue weighted by molar-refractivity contribution is 5.62. The van der Waals surface area contributed by atoms with E-state index in [0.29, 0.717) is 5.78 Å². The van der Waals surface area contributed by atoms with E-state index in [0.717, 1.165) is 43.5 Å². The summed E-state index contributed by atoms with van der Waals surface area (Å²) in [5.41, 5.74) is 3.04. The van der Waals surface area contributed by atoms with Crippen molar-refractivity contribution in [2.75, 3.05) is 36.5 Å². The highest BCUT2D eigenvalue weighted by Crippen LogP contribution is 2.22. The molecule has 1 aliphatic rings. The van der Waals surface area contributed by atoms with Gasteiger partial charge in [-0.25, -0.2) is 4.98 Å². The number of aryl methyl sites for hydroxylation is 1. The van der Waals surface area contributed by atoms with E-state index < -0.39 is 0 Å². The first-order valence-corrected chi connectivity index (χ1v) is 7.55. The lowest BCUT2D eigenvalue weighted by Gasteiger charge is -2.28. The second-order valence-electron chi connectivity index (χ2n) is 5.44. The molecule has 4 rings (SSSR count). The number of fused-ring (bicyclic) bond motifs is 1. The van der Waals surface area contributed by atoms with Crippen molar-refractivity contribution in [3.63, 3.8) is 0 Å². The largest absolute Gasteiger partial charge is 0.378 e. The Morgan fingerprint density at radius 3 is 2.70 bits per heavy atom. The van der Waals surface area contributed by atoms with Crippen LogP contribution >= 0.6 is 0 Å². The first-order chi connectivity index (χ1) is 11.3. The zero-order valence-electron chi connectivity index (χ0n) is 12.8. The molecule has 23 heavy (non-hydrogen) atoms. The van der Waals surface area contributed by atoms with Crippen LogP contribution < -0.4 is 10.2 Å². The molecule has 3 aromatic rings. The van der Waals surface area contributed by atoms with E-state index in [9.17, 15) is 0 Å². The number of hydrogen-bond acceptors (Lipinski definition) is 7. The van der Waals surface area contributed by atoms with Crippen molar-refractivity contribution in [3.8, 4) is 0 Å². The molecule has 0 radical (unpaired) electrons. The average Bonchev–Trinajstić information content (AvgIpc) is 3.05. The molecule has 8 heteroatoms. The molecule has 0 aliphatic carbocycles. The lowest BCUT2D eigenvalue weighted by Crippen LogP contribution is -2.36. The number of morpholine rings is 1. The van der Waals surface area contributed by atoms with Gasteiger partial charge in [-0.15, -0.1) is 0 Å². The Morgan fingerprint density at radius 1 is 1.13 bits per heavy atom. The third-order valence-corrected chi connectivity index (χ3v) is 3.82. The fraction of sp³-hybridized carbons (Fsp3) is 0.333. The smallest absolute Gasteiger partial charge is 0.275 e. The molecule has 0 atom stereocenters. The Kier molecular flexibility index (Phi) is 3.51. The van der Waals surface area contributed by atoms with Crippen LogP contribution in [0, 0.1) is 6.92 Å². The van der Waals surface area contributed by atoms with Crippen LogP contribution in [0.15, 0.2) is 30.3 Å². The predicted molar refractivity (Wildman–Crippen MR) is 86.1 cm³/mol. The first-order valence-electron chi connectivity index (χ1n) is 7.55. The third kappa shape index (κ3) is 2.80. The Hall–Kier alpha value is -2.74. The molecule has 0 bridgehead atoms. The zero-order chi connectivity index (χ0) is 15.6. The SMILES string of the molecule is Cc1cc(Nc2ccc(N3CCOCC3)cc2)n2nnnc2n1. The molecule has 1 fully saturated rings.